The van der Waals surface area contributed by atoms with Gasteiger partial charge in [-0.25, -0.2) is 4.79 Å². The molecule has 0 bridgehead atoms. The summed E-state index contributed by atoms with van der Waals surface area (Å²) in [6.07, 6.45) is 42.9. The molecule has 0 N–H and O–H groups in total. The van der Waals surface area contributed by atoms with E-state index >= 15 is 0 Å². The zero-order valence-corrected chi connectivity index (χ0v) is 35.6. The van der Waals surface area contributed by atoms with Gasteiger partial charge in [-0.2, -0.15) is 0 Å². The summed E-state index contributed by atoms with van der Waals surface area (Å²) in [4.78, 5) is 12.4. The van der Waals surface area contributed by atoms with Crippen molar-refractivity contribution in [3.63, 3.8) is 0 Å². The molecule has 5 nitrogen and oxygen atoms in total. The summed E-state index contributed by atoms with van der Waals surface area (Å²) >= 11 is 0. The first-order valence-electron chi connectivity index (χ1n) is 23.1. The van der Waals surface area contributed by atoms with Crippen LogP contribution in [0.25, 0.3) is 6.08 Å². The van der Waals surface area contributed by atoms with Gasteiger partial charge in [0.25, 0.3) is 0 Å². The standard InChI is InChI=1S/C48H86O5/c1-5-9-12-15-18-21-24-27-30-33-39-50-45-43-47(52-41-35-32-29-26-23-20-17-14-11-7-3)46(42-44(45)36-37-48(49)53-38-8-4)51-40-34-31-28-25-22-19-16-13-10-6-2/h36-37,42-43H,5-35,38-41H2,1-4H3. The molecule has 0 aromatic heterocycles. The zero-order chi connectivity index (χ0) is 38.3. The van der Waals surface area contributed by atoms with Crippen molar-refractivity contribution in [3.05, 3.63) is 23.8 Å². The third kappa shape index (κ3) is 29.8. The molecule has 0 saturated heterocycles. The molecule has 0 aliphatic heterocycles. The monoisotopic (exact) mass is 743 g/mol. The number of carbonyl (C=O) groups is 1. The number of carbonyl (C=O) groups excluding carboxylic acids is 1. The third-order valence-electron chi connectivity index (χ3n) is 10.2. The van der Waals surface area contributed by atoms with E-state index in [0.29, 0.717) is 26.4 Å². The maximum Gasteiger partial charge on any atom is 0.330 e. The maximum absolute atomic E-state index is 12.4. The number of hydrogen-bond acceptors (Lipinski definition) is 5. The van der Waals surface area contributed by atoms with Crippen LogP contribution in [0.5, 0.6) is 17.2 Å². The van der Waals surface area contributed by atoms with Crippen LogP contribution in [0.4, 0.5) is 0 Å². The number of rotatable bonds is 40. The summed E-state index contributed by atoms with van der Waals surface area (Å²) in [5.41, 5.74) is 0.829. The van der Waals surface area contributed by atoms with E-state index in [4.69, 9.17) is 18.9 Å². The van der Waals surface area contributed by atoms with Gasteiger partial charge in [0, 0.05) is 17.7 Å². The molecule has 0 atom stereocenters. The molecule has 0 aliphatic carbocycles. The molecule has 0 radical (unpaired) electrons. The molecule has 0 saturated carbocycles. The number of hydrogen-bond donors (Lipinski definition) is 0. The lowest BCUT2D eigenvalue weighted by atomic mass is 10.1. The van der Waals surface area contributed by atoms with Gasteiger partial charge >= 0.3 is 5.97 Å². The molecule has 0 spiro atoms. The highest BCUT2D eigenvalue weighted by Gasteiger charge is 2.14. The molecule has 53 heavy (non-hydrogen) atoms. The van der Waals surface area contributed by atoms with E-state index in [1.54, 1.807) is 0 Å². The fourth-order valence-electron chi connectivity index (χ4n) is 6.76. The van der Waals surface area contributed by atoms with Crippen molar-refractivity contribution in [2.24, 2.45) is 0 Å². The van der Waals surface area contributed by atoms with E-state index in [1.165, 1.54) is 179 Å². The molecule has 1 aromatic carbocycles. The minimum atomic E-state index is -0.332. The Hall–Kier alpha value is -2.17. The molecule has 308 valence electrons. The Labute approximate surface area is 329 Å². The normalized spacial score (nSPS) is 11.4. The molecule has 0 fully saturated rings. The van der Waals surface area contributed by atoms with E-state index in [0.717, 1.165) is 48.5 Å². The lowest BCUT2D eigenvalue weighted by Gasteiger charge is -2.17. The topological polar surface area (TPSA) is 54.0 Å². The Morgan fingerprint density at radius 2 is 0.717 bits per heavy atom. The summed E-state index contributed by atoms with van der Waals surface area (Å²) in [6.45, 7) is 11.2. The largest absolute Gasteiger partial charge is 0.493 e. The first kappa shape index (κ1) is 48.8. The Morgan fingerprint density at radius 3 is 1.08 bits per heavy atom. The number of benzene rings is 1. The van der Waals surface area contributed by atoms with Crippen LogP contribution in [0, 0.1) is 0 Å². The Balaban J connectivity index is 2.81. The van der Waals surface area contributed by atoms with Gasteiger partial charge < -0.3 is 18.9 Å². The molecular formula is C48H86O5. The second kappa shape index (κ2) is 38.1. The summed E-state index contributed by atoms with van der Waals surface area (Å²) in [7, 11) is 0. The average molecular weight is 743 g/mol. The summed E-state index contributed by atoms with van der Waals surface area (Å²) in [5, 5.41) is 0. The van der Waals surface area contributed by atoms with Crippen LogP contribution in [0.3, 0.4) is 0 Å². The van der Waals surface area contributed by atoms with Gasteiger partial charge in [0.2, 0.25) is 0 Å². The minimum absolute atomic E-state index is 0.332. The fraction of sp³-hybridized carbons (Fsp3) is 0.812. The molecule has 5 heteroatoms. The van der Waals surface area contributed by atoms with Gasteiger partial charge in [0.1, 0.15) is 5.75 Å². The van der Waals surface area contributed by atoms with E-state index in [9.17, 15) is 4.79 Å². The third-order valence-corrected chi connectivity index (χ3v) is 10.2. The highest BCUT2D eigenvalue weighted by Crippen LogP contribution is 2.37. The highest BCUT2D eigenvalue weighted by molar-refractivity contribution is 5.87. The van der Waals surface area contributed by atoms with Crippen LogP contribution < -0.4 is 14.2 Å². The Bertz CT molecular complexity index is 973. The van der Waals surface area contributed by atoms with Crippen molar-refractivity contribution in [1.29, 1.82) is 0 Å². The summed E-state index contributed by atoms with van der Waals surface area (Å²) < 4.78 is 24.5. The van der Waals surface area contributed by atoms with Crippen molar-refractivity contribution in [1.82, 2.24) is 0 Å². The maximum atomic E-state index is 12.4. The molecule has 0 heterocycles. The first-order chi connectivity index (χ1) is 26.2. The van der Waals surface area contributed by atoms with Gasteiger partial charge in [-0.15, -0.1) is 0 Å². The Morgan fingerprint density at radius 1 is 0.396 bits per heavy atom. The van der Waals surface area contributed by atoms with E-state index < -0.39 is 0 Å². The van der Waals surface area contributed by atoms with Crippen molar-refractivity contribution >= 4 is 12.0 Å². The summed E-state index contributed by atoms with van der Waals surface area (Å²) in [6, 6.07) is 4.00. The van der Waals surface area contributed by atoms with E-state index in [-0.39, 0.29) is 5.97 Å². The molecule has 1 rings (SSSR count). The number of ether oxygens (including phenoxy) is 4. The van der Waals surface area contributed by atoms with Crippen molar-refractivity contribution in [3.8, 4) is 17.2 Å². The second-order valence-electron chi connectivity index (χ2n) is 15.4. The molecule has 0 unspecified atom stereocenters. The van der Waals surface area contributed by atoms with Crippen LogP contribution >= 0.6 is 0 Å². The highest BCUT2D eigenvalue weighted by atomic mass is 16.5. The predicted molar refractivity (Wildman–Crippen MR) is 229 cm³/mol. The van der Waals surface area contributed by atoms with Crippen LogP contribution in [0.15, 0.2) is 18.2 Å². The van der Waals surface area contributed by atoms with Crippen LogP contribution in [-0.2, 0) is 9.53 Å². The lowest BCUT2D eigenvalue weighted by Crippen LogP contribution is -2.06. The summed E-state index contributed by atoms with van der Waals surface area (Å²) in [5.74, 6) is 1.89. The van der Waals surface area contributed by atoms with Crippen LogP contribution in [-0.4, -0.2) is 32.4 Å². The van der Waals surface area contributed by atoms with Gasteiger partial charge in [0.05, 0.1) is 26.4 Å². The Kier molecular flexibility index (Phi) is 35.1. The second-order valence-corrected chi connectivity index (χ2v) is 15.4. The molecule has 1 aromatic rings. The number of unbranched alkanes of at least 4 members (excludes halogenated alkanes) is 27. The van der Waals surface area contributed by atoms with Crippen LogP contribution in [0.1, 0.15) is 232 Å². The minimum Gasteiger partial charge on any atom is -0.493 e. The SMILES string of the molecule is CCCCCCCCCCCCOc1cc(OCCCCCCCCCCCC)c(OCCCCCCCCCCCC)cc1C=CC(=O)OCCC. The zero-order valence-electron chi connectivity index (χ0n) is 35.6. The lowest BCUT2D eigenvalue weighted by molar-refractivity contribution is -0.137. The van der Waals surface area contributed by atoms with Gasteiger partial charge in [-0.05, 0) is 37.8 Å². The number of esters is 1. The van der Waals surface area contributed by atoms with Gasteiger partial charge in [0.15, 0.2) is 11.5 Å². The van der Waals surface area contributed by atoms with Crippen molar-refractivity contribution < 1.29 is 23.7 Å². The smallest absolute Gasteiger partial charge is 0.330 e. The quantitative estimate of drug-likeness (QED) is 0.0381. The molecule has 0 aliphatic rings. The predicted octanol–water partition coefficient (Wildman–Crippen LogP) is 15.6. The molecular weight excluding hydrogens is 657 g/mol. The first-order valence-corrected chi connectivity index (χ1v) is 23.1. The van der Waals surface area contributed by atoms with Crippen molar-refractivity contribution in [2.45, 2.75) is 227 Å². The van der Waals surface area contributed by atoms with E-state index in [2.05, 4.69) is 20.8 Å². The van der Waals surface area contributed by atoms with Gasteiger partial charge in [-0.3, -0.25) is 0 Å². The van der Waals surface area contributed by atoms with Gasteiger partial charge in [-0.1, -0.05) is 201 Å². The van der Waals surface area contributed by atoms with E-state index in [1.807, 2.05) is 25.1 Å². The average Bonchev–Trinajstić information content (AvgIpc) is 3.17. The molecule has 0 amide bonds. The fourth-order valence-corrected chi connectivity index (χ4v) is 6.76. The van der Waals surface area contributed by atoms with Crippen molar-refractivity contribution in [2.75, 3.05) is 26.4 Å². The van der Waals surface area contributed by atoms with Crippen LogP contribution in [0.2, 0.25) is 0 Å².